The Morgan fingerprint density at radius 2 is 1.63 bits per heavy atom. The minimum Gasteiger partial charge on any atom is -0.508 e. The van der Waals surface area contributed by atoms with E-state index in [0.29, 0.717) is 5.56 Å². The van der Waals surface area contributed by atoms with Crippen molar-refractivity contribution in [3.05, 3.63) is 105 Å². The highest BCUT2D eigenvalue weighted by molar-refractivity contribution is 6.46. The van der Waals surface area contributed by atoms with Gasteiger partial charge in [0.05, 0.1) is 27.2 Å². The van der Waals surface area contributed by atoms with Crippen molar-refractivity contribution in [2.75, 3.05) is 0 Å². The first kappa shape index (κ1) is 24.6. The first-order valence-corrected chi connectivity index (χ1v) is 10.9. The third-order valence-corrected chi connectivity index (χ3v) is 6.29. The van der Waals surface area contributed by atoms with Gasteiger partial charge in [0, 0.05) is 12.1 Å². The van der Waals surface area contributed by atoms with Crippen LogP contribution in [0.5, 0.6) is 5.75 Å². The molecular formula is C25H16Cl2F3NO4. The molecule has 4 rings (SSSR count). The van der Waals surface area contributed by atoms with E-state index >= 15 is 0 Å². The van der Waals surface area contributed by atoms with E-state index in [-0.39, 0.29) is 39.0 Å². The summed E-state index contributed by atoms with van der Waals surface area (Å²) in [6.07, 6.45) is -4.59. The number of ketones is 1. The van der Waals surface area contributed by atoms with Crippen LogP contribution in [0.4, 0.5) is 13.2 Å². The van der Waals surface area contributed by atoms with Crippen LogP contribution in [0, 0.1) is 0 Å². The van der Waals surface area contributed by atoms with Gasteiger partial charge >= 0.3 is 6.18 Å². The van der Waals surface area contributed by atoms with E-state index in [0.717, 1.165) is 17.0 Å². The number of aliphatic hydroxyl groups is 1. The summed E-state index contributed by atoms with van der Waals surface area (Å²) in [5.41, 5.74) is -0.550. The quantitative estimate of drug-likeness (QED) is 0.238. The van der Waals surface area contributed by atoms with Gasteiger partial charge < -0.3 is 15.1 Å². The van der Waals surface area contributed by atoms with E-state index < -0.39 is 35.2 Å². The van der Waals surface area contributed by atoms with Crippen LogP contribution >= 0.6 is 23.2 Å². The fourth-order valence-electron chi connectivity index (χ4n) is 3.89. The number of alkyl halides is 3. The van der Waals surface area contributed by atoms with E-state index in [9.17, 15) is 33.0 Å². The largest absolute Gasteiger partial charge is 0.508 e. The van der Waals surface area contributed by atoms with Crippen molar-refractivity contribution in [2.45, 2.75) is 18.8 Å². The molecule has 1 saturated heterocycles. The fourth-order valence-corrected chi connectivity index (χ4v) is 4.19. The maximum Gasteiger partial charge on any atom is 0.416 e. The van der Waals surface area contributed by atoms with Gasteiger partial charge in [-0.1, -0.05) is 47.5 Å². The zero-order chi connectivity index (χ0) is 25.5. The summed E-state index contributed by atoms with van der Waals surface area (Å²) in [5, 5.41) is 21.0. The number of aromatic hydroxyl groups is 1. The smallest absolute Gasteiger partial charge is 0.416 e. The van der Waals surface area contributed by atoms with Crippen LogP contribution in [0.1, 0.15) is 28.3 Å². The molecule has 0 bridgehead atoms. The normalized spacial score (nSPS) is 17.7. The molecule has 3 aromatic rings. The van der Waals surface area contributed by atoms with Crippen LogP contribution in [0.25, 0.3) is 5.76 Å². The first-order valence-electron chi connectivity index (χ1n) is 10.2. The summed E-state index contributed by atoms with van der Waals surface area (Å²) < 4.78 is 39.6. The van der Waals surface area contributed by atoms with E-state index in [1.807, 2.05) is 0 Å². The molecule has 180 valence electrons. The first-order chi connectivity index (χ1) is 16.5. The van der Waals surface area contributed by atoms with Crippen LogP contribution in [0.15, 0.2) is 72.3 Å². The lowest BCUT2D eigenvalue weighted by Crippen LogP contribution is -2.29. The minimum atomic E-state index is -4.59. The number of Topliss-reactive ketones (excluding diaryl/α,β-unsaturated/α-hetero) is 1. The van der Waals surface area contributed by atoms with E-state index in [4.69, 9.17) is 23.2 Å². The Bertz CT molecular complexity index is 1350. The van der Waals surface area contributed by atoms with Crippen molar-refractivity contribution in [1.82, 2.24) is 4.90 Å². The summed E-state index contributed by atoms with van der Waals surface area (Å²) in [5.74, 6) is -2.61. The molecule has 0 saturated carbocycles. The summed E-state index contributed by atoms with van der Waals surface area (Å²) in [4.78, 5) is 27.2. The van der Waals surface area contributed by atoms with Gasteiger partial charge in [0.25, 0.3) is 11.7 Å². The Kier molecular flexibility index (Phi) is 6.53. The molecule has 1 fully saturated rings. The Hall–Kier alpha value is -3.49. The second kappa shape index (κ2) is 9.28. The number of amides is 1. The summed E-state index contributed by atoms with van der Waals surface area (Å²) >= 11 is 12.0. The van der Waals surface area contributed by atoms with Gasteiger partial charge in [0.1, 0.15) is 11.5 Å². The highest BCUT2D eigenvalue weighted by Crippen LogP contribution is 2.41. The number of rotatable bonds is 4. The van der Waals surface area contributed by atoms with Gasteiger partial charge in [-0.15, -0.1) is 0 Å². The minimum absolute atomic E-state index is 0.0759. The lowest BCUT2D eigenvalue weighted by molar-refractivity contribution is -0.140. The second-order valence-electron chi connectivity index (χ2n) is 7.85. The van der Waals surface area contributed by atoms with Crippen molar-refractivity contribution < 1.29 is 33.0 Å². The maximum atomic E-state index is 13.2. The van der Waals surface area contributed by atoms with Crippen LogP contribution in [-0.4, -0.2) is 26.8 Å². The number of benzene rings is 3. The number of carbonyl (C=O) groups excluding carboxylic acids is 2. The molecule has 5 nitrogen and oxygen atoms in total. The van der Waals surface area contributed by atoms with Crippen molar-refractivity contribution in [3.8, 4) is 5.75 Å². The zero-order valence-electron chi connectivity index (χ0n) is 17.7. The van der Waals surface area contributed by atoms with Crippen LogP contribution in [-0.2, 0) is 22.3 Å². The van der Waals surface area contributed by atoms with E-state index in [2.05, 4.69) is 0 Å². The molecule has 1 amide bonds. The predicted molar refractivity (Wildman–Crippen MR) is 124 cm³/mol. The molecule has 2 N–H and O–H groups in total. The topological polar surface area (TPSA) is 77.8 Å². The maximum absolute atomic E-state index is 13.2. The van der Waals surface area contributed by atoms with Gasteiger partial charge in [-0.2, -0.15) is 13.2 Å². The molecular weight excluding hydrogens is 506 g/mol. The van der Waals surface area contributed by atoms with Gasteiger partial charge in [-0.25, -0.2) is 0 Å². The lowest BCUT2D eigenvalue weighted by atomic mass is 9.95. The Labute approximate surface area is 207 Å². The number of hydrogen-bond acceptors (Lipinski definition) is 4. The molecule has 1 heterocycles. The average Bonchev–Trinajstić information content (AvgIpc) is 3.05. The van der Waals surface area contributed by atoms with Crippen LogP contribution < -0.4 is 0 Å². The van der Waals surface area contributed by atoms with Crippen LogP contribution in [0.3, 0.4) is 0 Å². The molecule has 0 radical (unpaired) electrons. The Balaban J connectivity index is 1.85. The molecule has 0 aliphatic carbocycles. The zero-order valence-corrected chi connectivity index (χ0v) is 19.2. The number of phenolic OH excluding ortho intramolecular Hbond substituents is 1. The third-order valence-electron chi connectivity index (χ3n) is 5.55. The molecule has 10 heteroatoms. The Morgan fingerprint density at radius 3 is 2.26 bits per heavy atom. The highest BCUT2D eigenvalue weighted by atomic mass is 35.5. The van der Waals surface area contributed by atoms with Crippen LogP contribution in [0.2, 0.25) is 10.0 Å². The summed E-state index contributed by atoms with van der Waals surface area (Å²) in [6, 6.07) is 13.0. The number of nitrogens with zero attached hydrogens (tertiary/aromatic N) is 1. The highest BCUT2D eigenvalue weighted by Gasteiger charge is 2.46. The van der Waals surface area contributed by atoms with E-state index in [1.165, 1.54) is 54.6 Å². The SMILES string of the molecule is O=C1C(=O)N(Cc2cccc(C(F)(F)F)c2)C(c2ccc(O)cc2)/C1=C(\O)c1ccc(Cl)c(Cl)c1. The molecule has 1 aliphatic heterocycles. The summed E-state index contributed by atoms with van der Waals surface area (Å²) in [7, 11) is 0. The van der Waals surface area contributed by atoms with Crippen molar-refractivity contribution >= 4 is 40.7 Å². The predicted octanol–water partition coefficient (Wildman–Crippen LogP) is 6.34. The average molecular weight is 522 g/mol. The number of likely N-dealkylation sites (tertiary alicyclic amines) is 1. The Morgan fingerprint density at radius 1 is 0.943 bits per heavy atom. The summed E-state index contributed by atoms with van der Waals surface area (Å²) in [6.45, 7) is -0.335. The van der Waals surface area contributed by atoms with Crippen molar-refractivity contribution in [3.63, 3.8) is 0 Å². The fraction of sp³-hybridized carbons (Fsp3) is 0.120. The number of carbonyl (C=O) groups is 2. The molecule has 3 aromatic carbocycles. The van der Waals surface area contributed by atoms with Crippen molar-refractivity contribution in [1.29, 1.82) is 0 Å². The second-order valence-corrected chi connectivity index (χ2v) is 8.66. The van der Waals surface area contributed by atoms with Gasteiger partial charge in [-0.3, -0.25) is 9.59 Å². The number of halogens is 5. The molecule has 1 aliphatic rings. The number of hydrogen-bond donors (Lipinski definition) is 2. The van der Waals surface area contributed by atoms with Gasteiger partial charge in [-0.05, 0) is 53.6 Å². The van der Waals surface area contributed by atoms with E-state index in [1.54, 1.807) is 0 Å². The molecule has 1 unspecified atom stereocenters. The number of aliphatic hydroxyl groups excluding tert-OH is 1. The van der Waals surface area contributed by atoms with Gasteiger partial charge in [0.15, 0.2) is 0 Å². The monoisotopic (exact) mass is 521 g/mol. The molecule has 35 heavy (non-hydrogen) atoms. The third kappa shape index (κ3) is 4.85. The molecule has 1 atom stereocenters. The lowest BCUT2D eigenvalue weighted by Gasteiger charge is -2.26. The molecule has 0 spiro atoms. The van der Waals surface area contributed by atoms with Gasteiger partial charge in [0.2, 0.25) is 0 Å². The standard InChI is InChI=1S/C25H16Cl2F3NO4/c26-18-9-6-15(11-19(18)27)22(33)20-21(14-4-7-17(32)8-5-14)31(24(35)23(20)34)12-13-2-1-3-16(10-13)25(28,29)30/h1-11,21,32-33H,12H2/b22-20+. The van der Waals surface area contributed by atoms with Crippen molar-refractivity contribution in [2.24, 2.45) is 0 Å². The number of phenols is 1. The molecule has 0 aromatic heterocycles.